The van der Waals surface area contributed by atoms with Crippen LogP contribution in [0.3, 0.4) is 0 Å². The molecule has 3 nitrogen and oxygen atoms in total. The fraction of sp³-hybridized carbons (Fsp3) is 0.133. The van der Waals surface area contributed by atoms with Crippen molar-refractivity contribution in [3.05, 3.63) is 58.7 Å². The van der Waals surface area contributed by atoms with E-state index in [1.165, 1.54) is 19.1 Å². The van der Waals surface area contributed by atoms with Gasteiger partial charge in [-0.15, -0.1) is 0 Å². The van der Waals surface area contributed by atoms with Gasteiger partial charge in [-0.1, -0.05) is 12.1 Å². The Hall–Kier alpha value is -2.43. The number of halogens is 2. The average molecular weight is 276 g/mol. The molecule has 104 valence electrons. The maximum absolute atomic E-state index is 13.8. The van der Waals surface area contributed by atoms with Gasteiger partial charge in [0.15, 0.2) is 5.82 Å². The monoisotopic (exact) mass is 276 g/mol. The third-order valence-electron chi connectivity index (χ3n) is 3.03. The molecule has 2 rings (SSSR count). The number of hydrogen-bond acceptors (Lipinski definition) is 2. The van der Waals surface area contributed by atoms with E-state index in [2.05, 4.69) is 5.32 Å². The molecule has 0 aromatic heterocycles. The number of amides is 1. The summed E-state index contributed by atoms with van der Waals surface area (Å²) in [7, 11) is 0. The van der Waals surface area contributed by atoms with Crippen LogP contribution in [0, 0.1) is 25.5 Å². The minimum absolute atomic E-state index is 0.256. The molecule has 0 atom stereocenters. The molecular formula is C15H14F2N2O. The van der Waals surface area contributed by atoms with Crippen LogP contribution in [0.5, 0.6) is 0 Å². The molecule has 0 bridgehead atoms. The van der Waals surface area contributed by atoms with E-state index in [4.69, 9.17) is 5.73 Å². The van der Waals surface area contributed by atoms with Crippen LogP contribution in [0.4, 0.5) is 20.2 Å². The SMILES string of the molecule is Cc1ccc(N)cc1C(=O)Nc1c(F)ccc(C)c1F. The Kier molecular flexibility index (Phi) is 3.70. The number of rotatable bonds is 2. The van der Waals surface area contributed by atoms with E-state index in [9.17, 15) is 13.6 Å². The summed E-state index contributed by atoms with van der Waals surface area (Å²) in [6.07, 6.45) is 0. The molecule has 0 unspecified atom stereocenters. The predicted octanol–water partition coefficient (Wildman–Crippen LogP) is 3.42. The highest BCUT2D eigenvalue weighted by Gasteiger charge is 2.16. The number of carbonyl (C=O) groups excluding carboxylic acids is 1. The van der Waals surface area contributed by atoms with E-state index in [0.717, 1.165) is 6.07 Å². The van der Waals surface area contributed by atoms with Crippen LogP contribution in [0.15, 0.2) is 30.3 Å². The molecule has 0 aliphatic carbocycles. The molecule has 20 heavy (non-hydrogen) atoms. The zero-order valence-corrected chi connectivity index (χ0v) is 11.1. The van der Waals surface area contributed by atoms with Crippen molar-refractivity contribution in [3.8, 4) is 0 Å². The summed E-state index contributed by atoms with van der Waals surface area (Å²) in [6.45, 7) is 3.22. The first-order chi connectivity index (χ1) is 9.40. The number of benzene rings is 2. The van der Waals surface area contributed by atoms with Gasteiger partial charge >= 0.3 is 0 Å². The van der Waals surface area contributed by atoms with Gasteiger partial charge in [-0.05, 0) is 43.2 Å². The van der Waals surface area contributed by atoms with Crippen molar-refractivity contribution in [2.75, 3.05) is 11.1 Å². The summed E-state index contributed by atoms with van der Waals surface area (Å²) >= 11 is 0. The first-order valence-corrected chi connectivity index (χ1v) is 6.02. The third kappa shape index (κ3) is 2.61. The molecule has 0 heterocycles. The lowest BCUT2D eigenvalue weighted by Gasteiger charge is -2.11. The van der Waals surface area contributed by atoms with Crippen LogP contribution in [0.25, 0.3) is 0 Å². The second-order valence-electron chi connectivity index (χ2n) is 4.58. The highest BCUT2D eigenvalue weighted by Crippen LogP contribution is 2.23. The lowest BCUT2D eigenvalue weighted by Crippen LogP contribution is -2.16. The van der Waals surface area contributed by atoms with Crippen LogP contribution in [0.1, 0.15) is 21.5 Å². The second kappa shape index (κ2) is 5.28. The van der Waals surface area contributed by atoms with E-state index >= 15 is 0 Å². The number of anilines is 2. The Labute approximate surface area is 115 Å². The van der Waals surface area contributed by atoms with E-state index < -0.39 is 23.2 Å². The number of nitrogen functional groups attached to an aromatic ring is 1. The summed E-state index contributed by atoms with van der Waals surface area (Å²) in [5.41, 5.74) is 6.79. The van der Waals surface area contributed by atoms with Gasteiger partial charge in [0.2, 0.25) is 0 Å². The smallest absolute Gasteiger partial charge is 0.256 e. The molecule has 1 amide bonds. The zero-order valence-electron chi connectivity index (χ0n) is 11.1. The largest absolute Gasteiger partial charge is 0.399 e. The van der Waals surface area contributed by atoms with Crippen molar-refractivity contribution in [1.29, 1.82) is 0 Å². The second-order valence-corrected chi connectivity index (χ2v) is 4.58. The van der Waals surface area contributed by atoms with E-state index in [0.29, 0.717) is 11.3 Å². The van der Waals surface area contributed by atoms with Gasteiger partial charge in [0.05, 0.1) is 0 Å². The van der Waals surface area contributed by atoms with E-state index in [1.807, 2.05) is 0 Å². The Bertz CT molecular complexity index is 684. The molecule has 0 saturated heterocycles. The topological polar surface area (TPSA) is 55.1 Å². The van der Waals surface area contributed by atoms with E-state index in [-0.39, 0.29) is 11.1 Å². The summed E-state index contributed by atoms with van der Waals surface area (Å²) < 4.78 is 27.4. The van der Waals surface area contributed by atoms with Crippen molar-refractivity contribution >= 4 is 17.3 Å². The summed E-state index contributed by atoms with van der Waals surface area (Å²) in [5, 5.41) is 2.26. The van der Waals surface area contributed by atoms with Gasteiger partial charge in [-0.3, -0.25) is 4.79 Å². The van der Waals surface area contributed by atoms with Crippen LogP contribution in [0.2, 0.25) is 0 Å². The van der Waals surface area contributed by atoms with Crippen molar-refractivity contribution in [2.24, 2.45) is 0 Å². The first-order valence-electron chi connectivity index (χ1n) is 6.02. The highest BCUT2D eigenvalue weighted by molar-refractivity contribution is 6.06. The van der Waals surface area contributed by atoms with Crippen molar-refractivity contribution in [3.63, 3.8) is 0 Å². The molecule has 0 spiro atoms. The van der Waals surface area contributed by atoms with Gasteiger partial charge in [-0.25, -0.2) is 8.78 Å². The molecule has 3 N–H and O–H groups in total. The lowest BCUT2D eigenvalue weighted by atomic mass is 10.1. The van der Waals surface area contributed by atoms with Crippen molar-refractivity contribution in [1.82, 2.24) is 0 Å². The molecule has 5 heteroatoms. The molecular weight excluding hydrogens is 262 g/mol. The van der Waals surface area contributed by atoms with Crippen LogP contribution in [-0.2, 0) is 0 Å². The number of nitrogens with two attached hydrogens (primary N) is 1. The van der Waals surface area contributed by atoms with Gasteiger partial charge in [-0.2, -0.15) is 0 Å². The zero-order chi connectivity index (χ0) is 14.9. The summed E-state index contributed by atoms with van der Waals surface area (Å²) in [4.78, 5) is 12.1. The summed E-state index contributed by atoms with van der Waals surface area (Å²) in [5.74, 6) is -2.19. The van der Waals surface area contributed by atoms with Gasteiger partial charge in [0.25, 0.3) is 5.91 Å². The van der Waals surface area contributed by atoms with Crippen LogP contribution >= 0.6 is 0 Å². The fourth-order valence-electron chi connectivity index (χ4n) is 1.84. The molecule has 2 aromatic rings. The maximum atomic E-state index is 13.8. The molecule has 0 radical (unpaired) electrons. The number of hydrogen-bond donors (Lipinski definition) is 2. The van der Waals surface area contributed by atoms with Gasteiger partial charge in [0, 0.05) is 11.3 Å². The Balaban J connectivity index is 2.38. The Morgan fingerprint density at radius 1 is 1.10 bits per heavy atom. The number of carbonyl (C=O) groups is 1. The van der Waals surface area contributed by atoms with Gasteiger partial charge < -0.3 is 11.1 Å². The summed E-state index contributed by atoms with van der Waals surface area (Å²) in [6, 6.07) is 7.22. The normalized spacial score (nSPS) is 10.4. The van der Waals surface area contributed by atoms with E-state index in [1.54, 1.807) is 19.1 Å². The predicted molar refractivity (Wildman–Crippen MR) is 74.6 cm³/mol. The van der Waals surface area contributed by atoms with Crippen LogP contribution in [-0.4, -0.2) is 5.91 Å². The average Bonchev–Trinajstić information content (AvgIpc) is 2.41. The number of aryl methyl sites for hydroxylation is 2. The van der Waals surface area contributed by atoms with Crippen LogP contribution < -0.4 is 11.1 Å². The van der Waals surface area contributed by atoms with Crippen molar-refractivity contribution < 1.29 is 13.6 Å². The standard InChI is InChI=1S/C15H14F2N2O/c1-8-3-5-10(18)7-11(8)15(20)19-14-12(16)6-4-9(2)13(14)17/h3-7H,18H2,1-2H3,(H,19,20). The minimum atomic E-state index is -0.817. The maximum Gasteiger partial charge on any atom is 0.256 e. The molecule has 0 fully saturated rings. The Morgan fingerprint density at radius 2 is 1.75 bits per heavy atom. The lowest BCUT2D eigenvalue weighted by molar-refractivity contribution is 0.102. The quantitative estimate of drug-likeness (QED) is 0.826. The number of nitrogens with one attached hydrogen (secondary N) is 1. The van der Waals surface area contributed by atoms with Gasteiger partial charge in [0.1, 0.15) is 11.5 Å². The molecule has 0 aliphatic heterocycles. The fourth-order valence-corrected chi connectivity index (χ4v) is 1.84. The highest BCUT2D eigenvalue weighted by atomic mass is 19.1. The molecule has 0 aliphatic rings. The first kappa shape index (κ1) is 14.0. The van der Waals surface area contributed by atoms with Crippen molar-refractivity contribution in [2.45, 2.75) is 13.8 Å². The minimum Gasteiger partial charge on any atom is -0.399 e. The molecule has 0 saturated carbocycles. The Morgan fingerprint density at radius 3 is 2.45 bits per heavy atom. The third-order valence-corrected chi connectivity index (χ3v) is 3.03. The molecule has 2 aromatic carbocycles.